The number of hydrogen-bond donors (Lipinski definition) is 1. The molecule has 0 spiro atoms. The zero-order valence-corrected chi connectivity index (χ0v) is 13.5. The van der Waals surface area contributed by atoms with Crippen LogP contribution in [0.5, 0.6) is 0 Å². The second-order valence-corrected chi connectivity index (χ2v) is 5.89. The Morgan fingerprint density at radius 3 is 2.88 bits per heavy atom. The minimum atomic E-state index is -0.833. The van der Waals surface area contributed by atoms with E-state index >= 15 is 0 Å². The molecule has 6 nitrogen and oxygen atoms in total. The standard InChI is InChI=1S/C18H17N5O/c1-4-12-6-5-7-13(8-12)14-10-20-11-15(21-14)18(2)9-16(24)23(3)17(19)22-18/h1,5-8,10-11H,9H2,2-3H3,(H2,19,22)/t18-/m0/s1. The van der Waals surface area contributed by atoms with Crippen molar-refractivity contribution in [1.82, 2.24) is 14.9 Å². The number of carbonyl (C=O) groups is 1. The van der Waals surface area contributed by atoms with Gasteiger partial charge in [0.05, 0.1) is 30.2 Å². The predicted molar refractivity (Wildman–Crippen MR) is 91.8 cm³/mol. The van der Waals surface area contributed by atoms with Crippen LogP contribution in [0, 0.1) is 12.3 Å². The average molecular weight is 319 g/mol. The molecule has 2 N–H and O–H groups in total. The monoisotopic (exact) mass is 319 g/mol. The molecule has 1 atom stereocenters. The molecule has 0 bridgehead atoms. The Morgan fingerprint density at radius 1 is 1.38 bits per heavy atom. The van der Waals surface area contributed by atoms with Gasteiger partial charge < -0.3 is 5.73 Å². The van der Waals surface area contributed by atoms with Crippen LogP contribution in [0.1, 0.15) is 24.6 Å². The number of hydrogen-bond acceptors (Lipinski definition) is 5. The third kappa shape index (κ3) is 2.72. The number of aliphatic imine (C=N–C) groups is 1. The Hall–Kier alpha value is -3.20. The van der Waals surface area contributed by atoms with Crippen LogP contribution in [0.25, 0.3) is 11.3 Å². The molecule has 1 aromatic heterocycles. The van der Waals surface area contributed by atoms with E-state index in [1.54, 1.807) is 19.4 Å². The summed E-state index contributed by atoms with van der Waals surface area (Å²) in [5.41, 5.74) is 7.91. The van der Waals surface area contributed by atoms with Crippen molar-refractivity contribution in [3.63, 3.8) is 0 Å². The molecule has 6 heteroatoms. The van der Waals surface area contributed by atoms with Gasteiger partial charge in [0.2, 0.25) is 5.91 Å². The molecular weight excluding hydrogens is 302 g/mol. The highest BCUT2D eigenvalue weighted by Crippen LogP contribution is 2.32. The second-order valence-electron chi connectivity index (χ2n) is 5.89. The molecule has 2 heterocycles. The average Bonchev–Trinajstić information content (AvgIpc) is 2.60. The van der Waals surface area contributed by atoms with E-state index in [0.29, 0.717) is 11.4 Å². The summed E-state index contributed by atoms with van der Waals surface area (Å²) in [5, 5.41) is 0. The molecule has 0 aliphatic carbocycles. The van der Waals surface area contributed by atoms with Gasteiger partial charge in [-0.15, -0.1) is 6.42 Å². The lowest BCUT2D eigenvalue weighted by atomic mass is 9.92. The first kappa shape index (κ1) is 15.7. The zero-order chi connectivity index (χ0) is 17.3. The Morgan fingerprint density at radius 2 is 2.17 bits per heavy atom. The lowest BCUT2D eigenvalue weighted by molar-refractivity contribution is -0.128. The van der Waals surface area contributed by atoms with Gasteiger partial charge in [-0.05, 0) is 19.1 Å². The van der Waals surface area contributed by atoms with Crippen molar-refractivity contribution in [2.24, 2.45) is 10.7 Å². The molecule has 2 aromatic rings. The van der Waals surface area contributed by atoms with Crippen LogP contribution in [-0.2, 0) is 10.3 Å². The molecule has 120 valence electrons. The number of amides is 1. The first-order chi connectivity index (χ1) is 11.4. The van der Waals surface area contributed by atoms with Gasteiger partial charge >= 0.3 is 0 Å². The minimum absolute atomic E-state index is 0.105. The highest BCUT2D eigenvalue weighted by atomic mass is 16.2. The molecule has 3 rings (SSSR count). The van der Waals surface area contributed by atoms with Crippen LogP contribution >= 0.6 is 0 Å². The summed E-state index contributed by atoms with van der Waals surface area (Å²) in [4.78, 5) is 26.8. The summed E-state index contributed by atoms with van der Waals surface area (Å²) in [6, 6.07) is 7.50. The van der Waals surface area contributed by atoms with Crippen molar-refractivity contribution in [3.05, 3.63) is 47.9 Å². The summed E-state index contributed by atoms with van der Waals surface area (Å²) in [5.74, 6) is 2.67. The van der Waals surface area contributed by atoms with Gasteiger partial charge in [-0.25, -0.2) is 9.98 Å². The quantitative estimate of drug-likeness (QED) is 0.851. The number of aromatic nitrogens is 2. The number of nitrogens with zero attached hydrogens (tertiary/aromatic N) is 4. The van der Waals surface area contributed by atoms with Crippen LogP contribution in [0.3, 0.4) is 0 Å². The zero-order valence-electron chi connectivity index (χ0n) is 13.5. The smallest absolute Gasteiger partial charge is 0.231 e. The third-order valence-electron chi connectivity index (χ3n) is 4.09. The number of terminal acetylenes is 1. The van der Waals surface area contributed by atoms with Gasteiger partial charge in [-0.3, -0.25) is 14.7 Å². The molecule has 0 radical (unpaired) electrons. The maximum absolute atomic E-state index is 12.1. The number of nitrogens with two attached hydrogens (primary N) is 1. The highest BCUT2D eigenvalue weighted by Gasteiger charge is 2.37. The van der Waals surface area contributed by atoms with E-state index in [1.165, 1.54) is 4.90 Å². The van der Waals surface area contributed by atoms with Crippen LogP contribution in [0.2, 0.25) is 0 Å². The van der Waals surface area contributed by atoms with Crippen molar-refractivity contribution >= 4 is 11.9 Å². The fourth-order valence-corrected chi connectivity index (χ4v) is 2.59. The molecule has 1 aliphatic rings. The molecule has 1 amide bonds. The molecule has 0 unspecified atom stereocenters. The minimum Gasteiger partial charge on any atom is -0.369 e. The molecule has 0 saturated carbocycles. The van der Waals surface area contributed by atoms with Crippen LogP contribution < -0.4 is 5.73 Å². The summed E-state index contributed by atoms with van der Waals surface area (Å²) in [6.07, 6.45) is 8.91. The Bertz CT molecular complexity index is 883. The second kappa shape index (κ2) is 5.78. The van der Waals surface area contributed by atoms with E-state index < -0.39 is 5.54 Å². The molecule has 1 aromatic carbocycles. The van der Waals surface area contributed by atoms with Gasteiger partial charge in [0.15, 0.2) is 5.96 Å². The normalized spacial score (nSPS) is 20.5. The lowest BCUT2D eigenvalue weighted by Gasteiger charge is -2.32. The number of guanidine groups is 1. The van der Waals surface area contributed by atoms with Crippen LogP contribution in [0.15, 0.2) is 41.7 Å². The van der Waals surface area contributed by atoms with Crippen molar-refractivity contribution in [1.29, 1.82) is 0 Å². The van der Waals surface area contributed by atoms with Crippen molar-refractivity contribution in [2.75, 3.05) is 7.05 Å². The van der Waals surface area contributed by atoms with E-state index in [4.69, 9.17) is 12.2 Å². The summed E-state index contributed by atoms with van der Waals surface area (Å²) in [6.45, 7) is 1.83. The molecule has 0 fully saturated rings. The van der Waals surface area contributed by atoms with E-state index in [2.05, 4.69) is 20.9 Å². The Kier molecular flexibility index (Phi) is 3.78. The van der Waals surface area contributed by atoms with Crippen molar-refractivity contribution in [3.8, 4) is 23.6 Å². The summed E-state index contributed by atoms with van der Waals surface area (Å²) in [7, 11) is 1.61. The van der Waals surface area contributed by atoms with Crippen LogP contribution in [-0.4, -0.2) is 33.8 Å². The molecular formula is C18H17N5O. The summed E-state index contributed by atoms with van der Waals surface area (Å²) >= 11 is 0. The van der Waals surface area contributed by atoms with Gasteiger partial charge in [-0.1, -0.05) is 18.1 Å². The third-order valence-corrected chi connectivity index (χ3v) is 4.09. The first-order valence-electron chi connectivity index (χ1n) is 7.44. The van der Waals surface area contributed by atoms with E-state index in [-0.39, 0.29) is 18.3 Å². The maximum atomic E-state index is 12.1. The van der Waals surface area contributed by atoms with Gasteiger partial charge in [-0.2, -0.15) is 0 Å². The summed E-state index contributed by atoms with van der Waals surface area (Å²) < 4.78 is 0. The topological polar surface area (TPSA) is 84.5 Å². The molecule has 1 aliphatic heterocycles. The lowest BCUT2D eigenvalue weighted by Crippen LogP contribution is -2.47. The first-order valence-corrected chi connectivity index (χ1v) is 7.44. The van der Waals surface area contributed by atoms with Crippen molar-refractivity contribution in [2.45, 2.75) is 18.9 Å². The van der Waals surface area contributed by atoms with Gasteiger partial charge in [0.25, 0.3) is 0 Å². The van der Waals surface area contributed by atoms with Gasteiger partial charge in [0.1, 0.15) is 5.54 Å². The largest absolute Gasteiger partial charge is 0.369 e. The van der Waals surface area contributed by atoms with E-state index in [1.807, 2.05) is 31.2 Å². The molecule has 0 saturated heterocycles. The van der Waals surface area contributed by atoms with Crippen molar-refractivity contribution < 1.29 is 4.79 Å². The van der Waals surface area contributed by atoms with Gasteiger partial charge in [0, 0.05) is 18.2 Å². The predicted octanol–water partition coefficient (Wildman–Crippen LogP) is 1.52. The Balaban J connectivity index is 2.05. The fourth-order valence-electron chi connectivity index (χ4n) is 2.59. The fraction of sp³-hybridized carbons (Fsp3) is 0.222. The number of carbonyl (C=O) groups excluding carboxylic acids is 1. The highest BCUT2D eigenvalue weighted by molar-refractivity contribution is 5.98. The number of benzene rings is 1. The van der Waals surface area contributed by atoms with E-state index in [0.717, 1.165) is 11.1 Å². The van der Waals surface area contributed by atoms with E-state index in [9.17, 15) is 4.79 Å². The SMILES string of the molecule is C#Cc1cccc(-c2cncc([C@]3(C)CC(=O)N(C)C(N)=N3)n2)c1. The van der Waals surface area contributed by atoms with Crippen LogP contribution in [0.4, 0.5) is 0 Å². The Labute approximate surface area is 140 Å². The maximum Gasteiger partial charge on any atom is 0.231 e. The molecule has 24 heavy (non-hydrogen) atoms. The number of rotatable bonds is 2.